The first-order valence-electron chi connectivity index (χ1n) is 6.76. The summed E-state index contributed by atoms with van der Waals surface area (Å²) in [5.74, 6) is -0.474. The van der Waals surface area contributed by atoms with Crippen LogP contribution in [-0.4, -0.2) is 12.5 Å². The lowest BCUT2D eigenvalue weighted by Crippen LogP contribution is -2.22. The standard InChI is InChI=1S/C16H15Cl2FN2O/c17-12-5-3-6-13(18)16(12)21-15(22)8-9-20-10-11-4-1-2-7-14(11)19/h1-7,20H,8-10H2,(H,21,22). The van der Waals surface area contributed by atoms with E-state index in [9.17, 15) is 9.18 Å². The van der Waals surface area contributed by atoms with E-state index in [4.69, 9.17) is 23.2 Å². The number of halogens is 3. The van der Waals surface area contributed by atoms with Gasteiger partial charge in [0.25, 0.3) is 0 Å². The number of anilines is 1. The Morgan fingerprint density at radius 3 is 2.41 bits per heavy atom. The van der Waals surface area contributed by atoms with Gasteiger partial charge in [0.1, 0.15) is 5.82 Å². The monoisotopic (exact) mass is 340 g/mol. The zero-order chi connectivity index (χ0) is 15.9. The zero-order valence-electron chi connectivity index (χ0n) is 11.7. The van der Waals surface area contributed by atoms with Gasteiger partial charge in [-0.1, -0.05) is 47.5 Å². The molecular weight excluding hydrogens is 326 g/mol. The van der Waals surface area contributed by atoms with Gasteiger partial charge in [-0.15, -0.1) is 0 Å². The van der Waals surface area contributed by atoms with Crippen LogP contribution < -0.4 is 10.6 Å². The van der Waals surface area contributed by atoms with Crippen LogP contribution in [0, 0.1) is 5.82 Å². The molecule has 0 saturated carbocycles. The van der Waals surface area contributed by atoms with Crippen molar-refractivity contribution in [3.8, 4) is 0 Å². The van der Waals surface area contributed by atoms with Gasteiger partial charge in [0.05, 0.1) is 15.7 Å². The van der Waals surface area contributed by atoms with Crippen LogP contribution in [-0.2, 0) is 11.3 Å². The van der Waals surface area contributed by atoms with E-state index in [2.05, 4.69) is 10.6 Å². The largest absolute Gasteiger partial charge is 0.324 e. The van der Waals surface area contributed by atoms with E-state index in [-0.39, 0.29) is 18.1 Å². The average molecular weight is 341 g/mol. The van der Waals surface area contributed by atoms with Gasteiger partial charge in [-0.25, -0.2) is 4.39 Å². The minimum Gasteiger partial charge on any atom is -0.324 e. The van der Waals surface area contributed by atoms with Crippen molar-refractivity contribution in [3.63, 3.8) is 0 Å². The van der Waals surface area contributed by atoms with E-state index in [0.29, 0.717) is 34.4 Å². The fourth-order valence-electron chi connectivity index (χ4n) is 1.89. The first-order chi connectivity index (χ1) is 10.6. The molecule has 6 heteroatoms. The first kappa shape index (κ1) is 16.7. The van der Waals surface area contributed by atoms with Crippen molar-refractivity contribution >= 4 is 34.8 Å². The Bertz CT molecular complexity index is 644. The summed E-state index contributed by atoms with van der Waals surface area (Å²) in [6, 6.07) is 11.5. The molecule has 0 bridgehead atoms. The molecule has 0 aliphatic heterocycles. The van der Waals surface area contributed by atoms with E-state index < -0.39 is 0 Å². The molecule has 2 rings (SSSR count). The third kappa shape index (κ3) is 4.70. The molecule has 0 heterocycles. The van der Waals surface area contributed by atoms with Crippen LogP contribution in [0.4, 0.5) is 10.1 Å². The van der Waals surface area contributed by atoms with Gasteiger partial charge in [0.15, 0.2) is 0 Å². The summed E-state index contributed by atoms with van der Waals surface area (Å²) in [7, 11) is 0. The average Bonchev–Trinajstić information content (AvgIpc) is 2.49. The maximum atomic E-state index is 13.4. The summed E-state index contributed by atoms with van der Waals surface area (Å²) in [6.45, 7) is 0.787. The van der Waals surface area contributed by atoms with Crippen molar-refractivity contribution in [2.24, 2.45) is 0 Å². The van der Waals surface area contributed by atoms with Crippen molar-refractivity contribution in [2.75, 3.05) is 11.9 Å². The van der Waals surface area contributed by atoms with Gasteiger partial charge in [0.2, 0.25) is 5.91 Å². The third-order valence-corrected chi connectivity index (χ3v) is 3.66. The Labute approximate surface area is 138 Å². The smallest absolute Gasteiger partial charge is 0.225 e. The number of nitrogens with one attached hydrogen (secondary N) is 2. The van der Waals surface area contributed by atoms with Gasteiger partial charge < -0.3 is 10.6 Å². The molecule has 1 amide bonds. The van der Waals surface area contributed by atoms with Gasteiger partial charge in [-0.05, 0) is 18.2 Å². The molecule has 3 nitrogen and oxygen atoms in total. The second kappa shape index (κ2) is 8.13. The van der Waals surface area contributed by atoms with Gasteiger partial charge >= 0.3 is 0 Å². The first-order valence-corrected chi connectivity index (χ1v) is 7.51. The van der Waals surface area contributed by atoms with E-state index >= 15 is 0 Å². The lowest BCUT2D eigenvalue weighted by Gasteiger charge is -2.09. The lowest BCUT2D eigenvalue weighted by atomic mass is 10.2. The molecule has 2 N–H and O–H groups in total. The highest BCUT2D eigenvalue weighted by Gasteiger charge is 2.09. The number of para-hydroxylation sites is 1. The summed E-state index contributed by atoms with van der Waals surface area (Å²) < 4.78 is 13.4. The molecule has 0 saturated heterocycles. The minimum atomic E-state index is -0.262. The fraction of sp³-hybridized carbons (Fsp3) is 0.188. The molecule has 0 unspecified atom stereocenters. The second-order valence-corrected chi connectivity index (χ2v) is 5.48. The minimum absolute atomic E-state index is 0.212. The number of benzene rings is 2. The van der Waals surface area contributed by atoms with Crippen LogP contribution in [0.3, 0.4) is 0 Å². The number of rotatable bonds is 6. The Morgan fingerprint density at radius 1 is 1.05 bits per heavy atom. The van der Waals surface area contributed by atoms with E-state index in [1.54, 1.807) is 36.4 Å². The molecular formula is C16H15Cl2FN2O. The van der Waals surface area contributed by atoms with Crippen molar-refractivity contribution in [1.82, 2.24) is 5.32 Å². The molecule has 0 aromatic heterocycles. The van der Waals surface area contributed by atoms with Crippen LogP contribution in [0.1, 0.15) is 12.0 Å². The Balaban J connectivity index is 1.78. The van der Waals surface area contributed by atoms with Crippen LogP contribution in [0.15, 0.2) is 42.5 Å². The van der Waals surface area contributed by atoms with Crippen LogP contribution in [0.25, 0.3) is 0 Å². The number of amides is 1. The zero-order valence-corrected chi connectivity index (χ0v) is 13.2. The van der Waals surface area contributed by atoms with Crippen molar-refractivity contribution in [1.29, 1.82) is 0 Å². The Hall–Kier alpha value is -1.62. The summed E-state index contributed by atoms with van der Waals surface area (Å²) in [6.07, 6.45) is 0.232. The van der Waals surface area contributed by atoms with Crippen molar-refractivity contribution < 1.29 is 9.18 Å². The van der Waals surface area contributed by atoms with Crippen LogP contribution in [0.2, 0.25) is 10.0 Å². The summed E-state index contributed by atoms with van der Waals surface area (Å²) in [5.41, 5.74) is 0.974. The maximum absolute atomic E-state index is 13.4. The molecule has 2 aromatic rings. The van der Waals surface area contributed by atoms with Crippen molar-refractivity contribution in [3.05, 3.63) is 63.9 Å². The maximum Gasteiger partial charge on any atom is 0.225 e. The molecule has 0 radical (unpaired) electrons. The highest BCUT2D eigenvalue weighted by Crippen LogP contribution is 2.29. The predicted molar refractivity (Wildman–Crippen MR) is 87.8 cm³/mol. The molecule has 2 aromatic carbocycles. The molecule has 0 fully saturated rings. The summed E-state index contributed by atoms with van der Waals surface area (Å²) in [4.78, 5) is 11.9. The number of carbonyl (C=O) groups is 1. The van der Waals surface area contributed by atoms with Gasteiger partial charge in [-0.3, -0.25) is 4.79 Å². The third-order valence-electron chi connectivity index (χ3n) is 3.03. The highest BCUT2D eigenvalue weighted by molar-refractivity contribution is 6.39. The number of hydrogen-bond donors (Lipinski definition) is 2. The normalized spacial score (nSPS) is 10.5. The second-order valence-electron chi connectivity index (χ2n) is 4.66. The topological polar surface area (TPSA) is 41.1 Å². The lowest BCUT2D eigenvalue weighted by molar-refractivity contribution is -0.116. The molecule has 0 atom stereocenters. The molecule has 0 spiro atoms. The van der Waals surface area contributed by atoms with Gasteiger partial charge in [0, 0.05) is 25.1 Å². The Morgan fingerprint density at radius 2 is 1.73 bits per heavy atom. The number of hydrogen-bond acceptors (Lipinski definition) is 2. The van der Waals surface area contributed by atoms with Gasteiger partial charge in [-0.2, -0.15) is 0 Å². The predicted octanol–water partition coefficient (Wildman–Crippen LogP) is 4.25. The fourth-order valence-corrected chi connectivity index (χ4v) is 2.38. The molecule has 0 aliphatic carbocycles. The van der Waals surface area contributed by atoms with Crippen LogP contribution >= 0.6 is 23.2 Å². The molecule has 0 aliphatic rings. The SMILES string of the molecule is O=C(CCNCc1ccccc1F)Nc1c(Cl)cccc1Cl. The van der Waals surface area contributed by atoms with Crippen molar-refractivity contribution in [2.45, 2.75) is 13.0 Å². The number of carbonyl (C=O) groups excluding carboxylic acids is 1. The highest BCUT2D eigenvalue weighted by atomic mass is 35.5. The summed E-state index contributed by atoms with van der Waals surface area (Å²) in [5, 5.41) is 6.47. The van der Waals surface area contributed by atoms with E-state index in [1.165, 1.54) is 6.07 Å². The summed E-state index contributed by atoms with van der Waals surface area (Å²) >= 11 is 12.0. The van der Waals surface area contributed by atoms with E-state index in [0.717, 1.165) is 0 Å². The van der Waals surface area contributed by atoms with E-state index in [1.807, 2.05) is 0 Å². The molecule has 22 heavy (non-hydrogen) atoms. The quantitative estimate of drug-likeness (QED) is 0.771. The molecule has 116 valence electrons. The van der Waals surface area contributed by atoms with Crippen LogP contribution in [0.5, 0.6) is 0 Å². The Kier molecular flexibility index (Phi) is 6.19.